The predicted octanol–water partition coefficient (Wildman–Crippen LogP) is 4.02. The summed E-state index contributed by atoms with van der Waals surface area (Å²) < 4.78 is 10.8. The molecule has 1 aliphatic heterocycles. The Kier molecular flexibility index (Phi) is 7.28. The SMILES string of the molecule is COc1ccc([C@@H]2Sc3ccc(Cl)cc3N(CCN(C)C)C(=O)[C@@H]2OC(C)=O)cc1. The number of ether oxygens (including phenoxy) is 2. The molecule has 0 fully saturated rings. The van der Waals surface area contributed by atoms with E-state index >= 15 is 0 Å². The molecular formula is C22H25ClN2O4S. The number of carbonyl (C=O) groups is 2. The third-order valence-corrected chi connectivity index (χ3v) is 6.37. The number of likely N-dealkylation sites (N-methyl/N-ethyl adjacent to an activating group) is 1. The predicted molar refractivity (Wildman–Crippen MR) is 120 cm³/mol. The zero-order chi connectivity index (χ0) is 21.8. The number of nitrogens with zero attached hydrogens (tertiary/aromatic N) is 2. The van der Waals surface area contributed by atoms with Gasteiger partial charge in [0.1, 0.15) is 5.75 Å². The van der Waals surface area contributed by atoms with Gasteiger partial charge in [0.15, 0.2) is 6.10 Å². The number of hydrogen-bond acceptors (Lipinski definition) is 6. The second-order valence-corrected chi connectivity index (χ2v) is 8.87. The van der Waals surface area contributed by atoms with E-state index < -0.39 is 17.3 Å². The van der Waals surface area contributed by atoms with Gasteiger partial charge in [-0.25, -0.2) is 0 Å². The molecular weight excluding hydrogens is 424 g/mol. The van der Waals surface area contributed by atoms with Gasteiger partial charge >= 0.3 is 5.97 Å². The molecule has 0 saturated heterocycles. The average Bonchev–Trinajstić information content (AvgIpc) is 2.81. The first-order valence-electron chi connectivity index (χ1n) is 9.53. The van der Waals surface area contributed by atoms with Crippen LogP contribution in [0.3, 0.4) is 0 Å². The van der Waals surface area contributed by atoms with Crippen LogP contribution in [0.4, 0.5) is 5.69 Å². The lowest BCUT2D eigenvalue weighted by molar-refractivity contribution is -0.152. The molecule has 0 unspecified atom stereocenters. The van der Waals surface area contributed by atoms with Gasteiger partial charge in [-0.2, -0.15) is 0 Å². The van der Waals surface area contributed by atoms with E-state index in [2.05, 4.69) is 0 Å². The number of rotatable bonds is 6. The van der Waals surface area contributed by atoms with Gasteiger partial charge in [0, 0.05) is 29.9 Å². The van der Waals surface area contributed by atoms with Crippen LogP contribution >= 0.6 is 23.4 Å². The second kappa shape index (κ2) is 9.73. The summed E-state index contributed by atoms with van der Waals surface area (Å²) in [5.41, 5.74) is 1.60. The number of halogens is 1. The topological polar surface area (TPSA) is 59.1 Å². The van der Waals surface area contributed by atoms with Crippen molar-refractivity contribution in [2.75, 3.05) is 39.2 Å². The average molecular weight is 449 g/mol. The number of carbonyl (C=O) groups excluding carboxylic acids is 2. The third kappa shape index (κ3) is 5.09. The Labute approximate surface area is 186 Å². The molecule has 30 heavy (non-hydrogen) atoms. The normalized spacial score (nSPS) is 18.7. The molecule has 1 amide bonds. The van der Waals surface area contributed by atoms with Gasteiger partial charge in [-0.3, -0.25) is 9.59 Å². The first-order chi connectivity index (χ1) is 14.3. The summed E-state index contributed by atoms with van der Waals surface area (Å²) in [5.74, 6) is -0.0436. The van der Waals surface area contributed by atoms with Crippen molar-refractivity contribution in [2.24, 2.45) is 0 Å². The molecule has 0 aliphatic carbocycles. The van der Waals surface area contributed by atoms with Crippen LogP contribution in [0.5, 0.6) is 5.75 Å². The quantitative estimate of drug-likeness (QED) is 0.622. The van der Waals surface area contributed by atoms with Gasteiger partial charge < -0.3 is 19.3 Å². The summed E-state index contributed by atoms with van der Waals surface area (Å²) in [5, 5.41) is 0.139. The minimum Gasteiger partial charge on any atom is -0.497 e. The van der Waals surface area contributed by atoms with E-state index in [1.54, 1.807) is 24.1 Å². The van der Waals surface area contributed by atoms with Crippen LogP contribution in [-0.2, 0) is 14.3 Å². The molecule has 2 atom stereocenters. The molecule has 0 spiro atoms. The number of esters is 1. The maximum Gasteiger partial charge on any atom is 0.303 e. The monoisotopic (exact) mass is 448 g/mol. The molecule has 0 bridgehead atoms. The number of anilines is 1. The zero-order valence-corrected chi connectivity index (χ0v) is 19.0. The van der Waals surface area contributed by atoms with Crippen LogP contribution in [0.2, 0.25) is 5.02 Å². The van der Waals surface area contributed by atoms with Crippen molar-refractivity contribution in [2.45, 2.75) is 23.2 Å². The standard InChI is InChI=1S/C22H25ClN2O4S/c1-14(26)29-20-21(15-5-8-17(28-4)9-6-15)30-19-10-7-16(23)13-18(19)25(22(20)27)12-11-24(2)3/h5-10,13,20-21H,11-12H2,1-4H3/t20-,21+/m1/s1. The second-order valence-electron chi connectivity index (χ2n) is 7.25. The highest BCUT2D eigenvalue weighted by Crippen LogP contribution is 2.47. The Morgan fingerprint density at radius 1 is 1.20 bits per heavy atom. The van der Waals surface area contributed by atoms with E-state index in [0.29, 0.717) is 23.9 Å². The molecule has 2 aromatic carbocycles. The lowest BCUT2D eigenvalue weighted by Crippen LogP contribution is -2.45. The Morgan fingerprint density at radius 2 is 1.90 bits per heavy atom. The Balaban J connectivity index is 2.09. The Bertz CT molecular complexity index is 920. The maximum absolute atomic E-state index is 13.6. The van der Waals surface area contributed by atoms with E-state index in [4.69, 9.17) is 21.1 Å². The summed E-state index contributed by atoms with van der Waals surface area (Å²) in [6, 6.07) is 13.0. The van der Waals surface area contributed by atoms with Crippen molar-refractivity contribution < 1.29 is 19.1 Å². The molecule has 6 nitrogen and oxygen atoms in total. The largest absolute Gasteiger partial charge is 0.497 e. The van der Waals surface area contributed by atoms with Crippen molar-refractivity contribution in [1.29, 1.82) is 0 Å². The Morgan fingerprint density at radius 3 is 2.50 bits per heavy atom. The number of thioether (sulfide) groups is 1. The number of methoxy groups -OCH3 is 1. The van der Waals surface area contributed by atoms with Crippen LogP contribution < -0.4 is 9.64 Å². The van der Waals surface area contributed by atoms with Gasteiger partial charge in [0.25, 0.3) is 5.91 Å². The fourth-order valence-electron chi connectivity index (χ4n) is 3.26. The zero-order valence-electron chi connectivity index (χ0n) is 17.4. The van der Waals surface area contributed by atoms with Gasteiger partial charge in [-0.15, -0.1) is 11.8 Å². The molecule has 3 rings (SSSR count). The first kappa shape index (κ1) is 22.5. The summed E-state index contributed by atoms with van der Waals surface area (Å²) in [7, 11) is 5.49. The van der Waals surface area contributed by atoms with Crippen molar-refractivity contribution >= 4 is 40.9 Å². The summed E-state index contributed by atoms with van der Waals surface area (Å²) in [6.45, 7) is 2.43. The molecule has 2 aromatic rings. The number of amides is 1. The smallest absolute Gasteiger partial charge is 0.303 e. The van der Waals surface area contributed by atoms with Gasteiger partial charge in [0.2, 0.25) is 0 Å². The fourth-order valence-corrected chi connectivity index (χ4v) is 4.72. The van der Waals surface area contributed by atoms with Crippen molar-refractivity contribution in [3.8, 4) is 5.75 Å². The van der Waals surface area contributed by atoms with Crippen LogP contribution in [-0.4, -0.2) is 57.2 Å². The van der Waals surface area contributed by atoms with Crippen molar-refractivity contribution in [1.82, 2.24) is 4.90 Å². The number of hydrogen-bond donors (Lipinski definition) is 0. The van der Waals surface area contributed by atoms with E-state index in [1.165, 1.54) is 18.7 Å². The van der Waals surface area contributed by atoms with Crippen LogP contribution in [0.15, 0.2) is 47.4 Å². The molecule has 8 heteroatoms. The van der Waals surface area contributed by atoms with Gasteiger partial charge in [-0.05, 0) is 50.0 Å². The minimum absolute atomic E-state index is 0.263. The highest BCUT2D eigenvalue weighted by Gasteiger charge is 2.40. The summed E-state index contributed by atoms with van der Waals surface area (Å²) >= 11 is 7.75. The van der Waals surface area contributed by atoms with Crippen LogP contribution in [0.1, 0.15) is 17.7 Å². The maximum atomic E-state index is 13.6. The molecule has 1 heterocycles. The summed E-state index contributed by atoms with van der Waals surface area (Å²) in [4.78, 5) is 30.1. The number of fused-ring (bicyclic) bond motifs is 1. The van der Waals surface area contributed by atoms with E-state index in [0.717, 1.165) is 16.1 Å². The van der Waals surface area contributed by atoms with Gasteiger partial charge in [-0.1, -0.05) is 23.7 Å². The molecule has 1 aliphatic rings. The van der Waals surface area contributed by atoms with E-state index in [1.807, 2.05) is 49.3 Å². The fraction of sp³-hybridized carbons (Fsp3) is 0.364. The minimum atomic E-state index is -0.964. The highest BCUT2D eigenvalue weighted by molar-refractivity contribution is 7.99. The van der Waals surface area contributed by atoms with Crippen LogP contribution in [0, 0.1) is 0 Å². The van der Waals surface area contributed by atoms with Crippen molar-refractivity contribution in [3.63, 3.8) is 0 Å². The van der Waals surface area contributed by atoms with Crippen molar-refractivity contribution in [3.05, 3.63) is 53.1 Å². The Hall–Kier alpha value is -2.22. The summed E-state index contributed by atoms with van der Waals surface area (Å²) in [6.07, 6.45) is -0.964. The molecule has 0 N–H and O–H groups in total. The van der Waals surface area contributed by atoms with Crippen LogP contribution in [0.25, 0.3) is 0 Å². The van der Waals surface area contributed by atoms with E-state index in [9.17, 15) is 9.59 Å². The molecule has 160 valence electrons. The van der Waals surface area contributed by atoms with Gasteiger partial charge in [0.05, 0.1) is 18.0 Å². The molecule has 0 radical (unpaired) electrons. The highest BCUT2D eigenvalue weighted by atomic mass is 35.5. The lowest BCUT2D eigenvalue weighted by atomic mass is 10.1. The van der Waals surface area contributed by atoms with E-state index in [-0.39, 0.29) is 5.91 Å². The number of benzene rings is 2. The lowest BCUT2D eigenvalue weighted by Gasteiger charge is -2.28. The molecule has 0 saturated carbocycles. The first-order valence-corrected chi connectivity index (χ1v) is 10.8. The third-order valence-electron chi connectivity index (χ3n) is 4.76. The molecule has 0 aromatic heterocycles.